The second-order valence-corrected chi connectivity index (χ2v) is 8.76. The van der Waals surface area contributed by atoms with Crippen LogP contribution in [0.3, 0.4) is 0 Å². The Morgan fingerprint density at radius 2 is 1.89 bits per heavy atom. The number of aryl methyl sites for hydroxylation is 1. The van der Waals surface area contributed by atoms with Crippen molar-refractivity contribution in [1.82, 2.24) is 19.9 Å². The summed E-state index contributed by atoms with van der Waals surface area (Å²) in [7, 11) is -1.51. The lowest BCUT2D eigenvalue weighted by molar-refractivity contribution is -0.129. The zero-order valence-electron chi connectivity index (χ0n) is 21.5. The fourth-order valence-electron chi connectivity index (χ4n) is 4.04. The lowest BCUT2D eigenvalue weighted by atomic mass is 9.80. The third-order valence-corrected chi connectivity index (χ3v) is 6.26. The molecule has 3 aromatic rings. The number of carbonyl (C=O) groups excluding carboxylic acids is 1. The molecule has 0 fully saturated rings. The van der Waals surface area contributed by atoms with Crippen molar-refractivity contribution in [2.75, 3.05) is 19.6 Å². The standard InChI is InChI=1S/C27H37BN4O4/c1-4-7-8-26-29-24-19-21(11-15-25(24)32(26)18-17-31(5-2)6-3)12-16-27(33)30-36-20-22-9-13-23(14-10-22)28(34)35/h9-16,19,34-35H,4-8,17-18,20H2,1-3H3,(H,30,33). The van der Waals surface area contributed by atoms with Crippen LogP contribution in [0.25, 0.3) is 17.1 Å². The zero-order valence-corrected chi connectivity index (χ0v) is 21.5. The number of nitrogens with one attached hydrogen (secondary N) is 1. The molecule has 3 N–H and O–H groups in total. The average Bonchev–Trinajstić information content (AvgIpc) is 3.23. The first kappa shape index (κ1) is 27.6. The first-order chi connectivity index (χ1) is 17.4. The van der Waals surface area contributed by atoms with Gasteiger partial charge in [0.2, 0.25) is 0 Å². The number of unbranched alkanes of at least 4 members (excludes halogenated alkanes) is 1. The molecule has 9 heteroatoms. The van der Waals surface area contributed by atoms with E-state index in [-0.39, 0.29) is 12.5 Å². The van der Waals surface area contributed by atoms with Gasteiger partial charge in [0, 0.05) is 25.6 Å². The quantitative estimate of drug-likeness (QED) is 0.182. The van der Waals surface area contributed by atoms with Crippen LogP contribution in [0, 0.1) is 0 Å². The van der Waals surface area contributed by atoms with E-state index in [9.17, 15) is 4.79 Å². The van der Waals surface area contributed by atoms with Crippen molar-refractivity contribution in [2.45, 2.75) is 53.2 Å². The second kappa shape index (κ2) is 13.9. The maximum atomic E-state index is 12.2. The van der Waals surface area contributed by atoms with Crippen LogP contribution in [0.1, 0.15) is 50.6 Å². The molecule has 36 heavy (non-hydrogen) atoms. The Morgan fingerprint density at radius 1 is 1.14 bits per heavy atom. The number of rotatable bonds is 14. The van der Waals surface area contributed by atoms with E-state index in [1.54, 1.807) is 30.3 Å². The largest absolute Gasteiger partial charge is 0.488 e. The molecule has 3 rings (SSSR count). The van der Waals surface area contributed by atoms with E-state index in [1.807, 2.05) is 12.1 Å². The number of fused-ring (bicyclic) bond motifs is 1. The molecular formula is C27H37BN4O4. The molecule has 0 saturated carbocycles. The van der Waals surface area contributed by atoms with Crippen LogP contribution in [-0.2, 0) is 29.2 Å². The first-order valence-corrected chi connectivity index (χ1v) is 12.7. The smallest absolute Gasteiger partial charge is 0.423 e. The molecule has 0 saturated heterocycles. The number of benzene rings is 2. The third kappa shape index (κ3) is 7.76. The van der Waals surface area contributed by atoms with E-state index in [0.29, 0.717) is 5.46 Å². The van der Waals surface area contributed by atoms with Crippen LogP contribution < -0.4 is 10.9 Å². The molecule has 0 aliphatic heterocycles. The molecule has 1 heterocycles. The molecule has 2 aromatic carbocycles. The van der Waals surface area contributed by atoms with Gasteiger partial charge in [-0.05, 0) is 54.3 Å². The zero-order chi connectivity index (χ0) is 25.9. The molecule has 0 bridgehead atoms. The van der Waals surface area contributed by atoms with Crippen molar-refractivity contribution < 1.29 is 19.7 Å². The number of imidazole rings is 1. The van der Waals surface area contributed by atoms with Gasteiger partial charge in [0.05, 0.1) is 17.6 Å². The minimum Gasteiger partial charge on any atom is -0.423 e. The lowest BCUT2D eigenvalue weighted by Crippen LogP contribution is -2.29. The van der Waals surface area contributed by atoms with Gasteiger partial charge in [-0.2, -0.15) is 0 Å². The molecule has 8 nitrogen and oxygen atoms in total. The van der Waals surface area contributed by atoms with Gasteiger partial charge >= 0.3 is 7.12 Å². The summed E-state index contributed by atoms with van der Waals surface area (Å²) in [6.45, 7) is 10.7. The second-order valence-electron chi connectivity index (χ2n) is 8.76. The summed E-state index contributed by atoms with van der Waals surface area (Å²) in [6.07, 6.45) is 6.37. The van der Waals surface area contributed by atoms with Crippen molar-refractivity contribution in [3.05, 3.63) is 65.5 Å². The SMILES string of the molecule is CCCCc1nc2cc(C=CC(=O)NOCc3ccc(B(O)O)cc3)ccc2n1CCN(CC)CC. The fraction of sp³-hybridized carbons (Fsp3) is 0.407. The Balaban J connectivity index is 1.62. The van der Waals surface area contributed by atoms with Crippen LogP contribution in [0.5, 0.6) is 0 Å². The highest BCUT2D eigenvalue weighted by Crippen LogP contribution is 2.20. The number of nitrogens with zero attached hydrogens (tertiary/aromatic N) is 3. The van der Waals surface area contributed by atoms with E-state index < -0.39 is 7.12 Å². The number of hydrogen-bond acceptors (Lipinski definition) is 6. The minimum atomic E-state index is -1.51. The molecule has 0 aliphatic carbocycles. The Labute approximate surface area is 213 Å². The summed E-state index contributed by atoms with van der Waals surface area (Å²) in [6, 6.07) is 12.7. The summed E-state index contributed by atoms with van der Waals surface area (Å²) >= 11 is 0. The summed E-state index contributed by atoms with van der Waals surface area (Å²) in [4.78, 5) is 24.8. The topological polar surface area (TPSA) is 99.9 Å². The van der Waals surface area contributed by atoms with Gasteiger partial charge in [0.25, 0.3) is 5.91 Å². The maximum Gasteiger partial charge on any atom is 0.488 e. The van der Waals surface area contributed by atoms with E-state index in [1.165, 1.54) is 6.08 Å². The van der Waals surface area contributed by atoms with Crippen LogP contribution in [0.15, 0.2) is 48.5 Å². The third-order valence-electron chi connectivity index (χ3n) is 6.26. The highest BCUT2D eigenvalue weighted by Gasteiger charge is 2.12. The van der Waals surface area contributed by atoms with Crippen molar-refractivity contribution in [2.24, 2.45) is 0 Å². The predicted molar refractivity (Wildman–Crippen MR) is 144 cm³/mol. The summed E-state index contributed by atoms with van der Waals surface area (Å²) < 4.78 is 2.34. The number of hydroxylamine groups is 1. The van der Waals surface area contributed by atoms with Gasteiger partial charge in [0.15, 0.2) is 0 Å². The average molecular weight is 492 g/mol. The molecule has 192 valence electrons. The van der Waals surface area contributed by atoms with Gasteiger partial charge < -0.3 is 19.5 Å². The van der Waals surface area contributed by atoms with Gasteiger partial charge in [-0.25, -0.2) is 10.5 Å². The fourth-order valence-corrected chi connectivity index (χ4v) is 4.04. The Bertz CT molecular complexity index is 1140. The van der Waals surface area contributed by atoms with Crippen LogP contribution in [0.2, 0.25) is 0 Å². The van der Waals surface area contributed by atoms with Gasteiger partial charge in [0.1, 0.15) is 5.82 Å². The highest BCUT2D eigenvalue weighted by atomic mass is 16.6. The van der Waals surface area contributed by atoms with E-state index in [0.717, 1.165) is 73.4 Å². The highest BCUT2D eigenvalue weighted by molar-refractivity contribution is 6.58. The van der Waals surface area contributed by atoms with Crippen LogP contribution in [-0.4, -0.2) is 57.2 Å². The Kier molecular flexibility index (Phi) is 10.7. The number of aromatic nitrogens is 2. The van der Waals surface area contributed by atoms with E-state index >= 15 is 0 Å². The normalized spacial score (nSPS) is 11.6. The Hall–Kier alpha value is -2.98. The molecule has 0 spiro atoms. The number of amides is 1. The van der Waals surface area contributed by atoms with E-state index in [4.69, 9.17) is 19.9 Å². The van der Waals surface area contributed by atoms with Crippen molar-refractivity contribution in [3.63, 3.8) is 0 Å². The van der Waals surface area contributed by atoms with Crippen molar-refractivity contribution >= 4 is 35.6 Å². The molecule has 0 unspecified atom stereocenters. The molecule has 1 aromatic heterocycles. The maximum absolute atomic E-state index is 12.2. The molecule has 1 amide bonds. The van der Waals surface area contributed by atoms with E-state index in [2.05, 4.69) is 41.8 Å². The first-order valence-electron chi connectivity index (χ1n) is 12.7. The summed E-state index contributed by atoms with van der Waals surface area (Å²) in [5.41, 5.74) is 6.55. The summed E-state index contributed by atoms with van der Waals surface area (Å²) in [5.74, 6) is 0.749. The Morgan fingerprint density at radius 3 is 2.56 bits per heavy atom. The van der Waals surface area contributed by atoms with Crippen molar-refractivity contribution in [1.29, 1.82) is 0 Å². The summed E-state index contributed by atoms with van der Waals surface area (Å²) in [5, 5.41) is 18.3. The molecule has 0 aliphatic rings. The van der Waals surface area contributed by atoms with Crippen LogP contribution in [0.4, 0.5) is 0 Å². The number of hydrogen-bond donors (Lipinski definition) is 3. The molecular weight excluding hydrogens is 455 g/mol. The molecule has 0 radical (unpaired) electrons. The number of likely N-dealkylation sites (N-methyl/N-ethyl adjacent to an activating group) is 1. The van der Waals surface area contributed by atoms with Crippen molar-refractivity contribution in [3.8, 4) is 0 Å². The minimum absolute atomic E-state index is 0.165. The van der Waals surface area contributed by atoms with Crippen LogP contribution >= 0.6 is 0 Å². The lowest BCUT2D eigenvalue weighted by Gasteiger charge is -2.19. The van der Waals surface area contributed by atoms with Gasteiger partial charge in [-0.3, -0.25) is 9.63 Å². The molecule has 0 atom stereocenters. The predicted octanol–water partition coefficient (Wildman–Crippen LogP) is 2.66. The monoisotopic (exact) mass is 492 g/mol. The van der Waals surface area contributed by atoms with Gasteiger partial charge in [-0.15, -0.1) is 0 Å². The van der Waals surface area contributed by atoms with Gasteiger partial charge in [-0.1, -0.05) is 57.5 Å². The number of carbonyl (C=O) groups is 1.